The average molecular weight is 400 g/mol. The van der Waals surface area contributed by atoms with Crippen LogP contribution >= 0.6 is 7.60 Å². The molecule has 0 radical (unpaired) electrons. The maximum atomic E-state index is 12.6. The van der Waals surface area contributed by atoms with Crippen molar-refractivity contribution in [3.05, 3.63) is 0 Å². The van der Waals surface area contributed by atoms with Gasteiger partial charge in [-0.2, -0.15) is 0 Å². The summed E-state index contributed by atoms with van der Waals surface area (Å²) in [5, 5.41) is 0. The fraction of sp³-hybridized carbons (Fsp3) is 0.867. The zero-order chi connectivity index (χ0) is 20.2. The van der Waals surface area contributed by atoms with Crippen molar-refractivity contribution in [3.63, 3.8) is 0 Å². The van der Waals surface area contributed by atoms with Crippen LogP contribution in [0.5, 0.6) is 0 Å². The summed E-state index contributed by atoms with van der Waals surface area (Å²) in [6, 6.07) is 0. The Labute approximate surface area is 153 Å². The number of hydrogen-bond donors (Lipinski definition) is 0. The number of carbonyl (C=O) groups is 2. The van der Waals surface area contributed by atoms with E-state index in [2.05, 4.69) is 9.47 Å². The number of rotatable bonds is 12. The highest BCUT2D eigenvalue weighted by atomic mass is 31.2. The van der Waals surface area contributed by atoms with Gasteiger partial charge in [0.05, 0.1) is 18.3 Å². The molecule has 0 unspecified atom stereocenters. The van der Waals surface area contributed by atoms with Crippen LogP contribution in [0.1, 0.15) is 48.0 Å². The Bertz CT molecular complexity index is 433. The van der Waals surface area contributed by atoms with Gasteiger partial charge >= 0.3 is 19.9 Å². The lowest BCUT2D eigenvalue weighted by atomic mass is 10.3. The van der Waals surface area contributed by atoms with E-state index in [9.17, 15) is 14.2 Å². The zero-order valence-electron chi connectivity index (χ0n) is 16.1. The van der Waals surface area contributed by atoms with Gasteiger partial charge in [-0.15, -0.1) is 0 Å². The van der Waals surface area contributed by atoms with Crippen LogP contribution < -0.4 is 0 Å². The number of carbonyl (C=O) groups excluding carboxylic acids is 2. The second-order valence-corrected chi connectivity index (χ2v) is 7.74. The summed E-state index contributed by atoms with van der Waals surface area (Å²) in [6.45, 7) is 8.87. The Hall–Kier alpha value is -1.35. The molecule has 0 spiro atoms. The highest BCUT2D eigenvalue weighted by Crippen LogP contribution is 2.48. The van der Waals surface area contributed by atoms with E-state index in [0.717, 1.165) is 0 Å². The average Bonchev–Trinajstić information content (AvgIpc) is 2.51. The van der Waals surface area contributed by atoms with Crippen LogP contribution in [0.25, 0.3) is 0 Å². The topological polar surface area (TPSA) is 116 Å². The van der Waals surface area contributed by atoms with Gasteiger partial charge in [0.2, 0.25) is 13.6 Å². The lowest BCUT2D eigenvalue weighted by molar-refractivity contribution is -0.0365. The molecule has 10 nitrogen and oxygen atoms in total. The minimum absolute atomic E-state index is 0.200. The van der Waals surface area contributed by atoms with Gasteiger partial charge in [0.15, 0.2) is 0 Å². The Morgan fingerprint density at radius 2 is 1.27 bits per heavy atom. The van der Waals surface area contributed by atoms with E-state index in [1.54, 1.807) is 34.6 Å². The van der Waals surface area contributed by atoms with E-state index >= 15 is 0 Å². The Morgan fingerprint density at radius 3 is 1.62 bits per heavy atom. The lowest BCUT2D eigenvalue weighted by Gasteiger charge is -2.20. The van der Waals surface area contributed by atoms with Crippen molar-refractivity contribution in [1.82, 2.24) is 0 Å². The summed E-state index contributed by atoms with van der Waals surface area (Å²) in [4.78, 5) is 22.6. The molecule has 0 aliphatic rings. The molecule has 0 aliphatic heterocycles. The molecular formula is C15H29O10P. The molecule has 0 rings (SSSR count). The number of hydrogen-bond acceptors (Lipinski definition) is 10. The summed E-state index contributed by atoms with van der Waals surface area (Å²) >= 11 is 0. The van der Waals surface area contributed by atoms with Crippen molar-refractivity contribution in [2.45, 2.75) is 66.3 Å². The van der Waals surface area contributed by atoms with E-state index in [-0.39, 0.29) is 18.3 Å². The molecule has 0 aromatic carbocycles. The smallest absolute Gasteiger partial charge is 0.432 e. The van der Waals surface area contributed by atoms with Crippen molar-refractivity contribution >= 4 is 19.9 Å². The third kappa shape index (κ3) is 12.9. The summed E-state index contributed by atoms with van der Waals surface area (Å²) in [5.41, 5.74) is 0. The SMILES string of the molecule is CC[C@@H](C)OCP(=O)(OCOC(=O)OC(C)C)OCOC(=O)OC(C)C. The minimum Gasteiger partial charge on any atom is -0.432 e. The van der Waals surface area contributed by atoms with Crippen LogP contribution in [0.15, 0.2) is 0 Å². The molecule has 0 bridgehead atoms. The lowest BCUT2D eigenvalue weighted by Crippen LogP contribution is -2.18. The monoisotopic (exact) mass is 400 g/mol. The van der Waals surface area contributed by atoms with E-state index in [1.165, 1.54) is 0 Å². The molecule has 26 heavy (non-hydrogen) atoms. The van der Waals surface area contributed by atoms with Crippen LogP contribution in [-0.2, 0) is 37.3 Å². The molecule has 0 aromatic rings. The molecule has 11 heteroatoms. The molecule has 0 heterocycles. The van der Waals surface area contributed by atoms with Gasteiger partial charge in [-0.3, -0.25) is 13.6 Å². The van der Waals surface area contributed by atoms with Crippen molar-refractivity contribution in [3.8, 4) is 0 Å². The van der Waals surface area contributed by atoms with E-state index in [0.29, 0.717) is 6.42 Å². The fourth-order valence-corrected chi connectivity index (χ4v) is 2.30. The normalized spacial score (nSPS) is 12.8. The van der Waals surface area contributed by atoms with Crippen LogP contribution in [0.4, 0.5) is 9.59 Å². The molecule has 1 atom stereocenters. The first kappa shape index (κ1) is 24.7. The summed E-state index contributed by atoms with van der Waals surface area (Å²) in [5.74, 6) is 0. The standard InChI is InChI=1S/C15H29O10P/c1-7-13(6)21-10-26(18,22-8-19-14(16)24-11(2)3)23-9-20-15(17)25-12(4)5/h11-13H,7-10H2,1-6H3/t13-/m1/s1. The maximum Gasteiger partial charge on any atom is 0.510 e. The van der Waals surface area contributed by atoms with E-state index in [1.807, 2.05) is 6.92 Å². The molecule has 0 aromatic heterocycles. The van der Waals surface area contributed by atoms with Gasteiger partial charge in [-0.1, -0.05) is 6.92 Å². The molecule has 0 amide bonds. The van der Waals surface area contributed by atoms with Gasteiger partial charge < -0.3 is 23.7 Å². The van der Waals surface area contributed by atoms with E-state index in [4.69, 9.17) is 23.3 Å². The van der Waals surface area contributed by atoms with Gasteiger partial charge in [-0.25, -0.2) is 9.59 Å². The second-order valence-electron chi connectivity index (χ2n) is 5.74. The maximum absolute atomic E-state index is 12.6. The largest absolute Gasteiger partial charge is 0.510 e. The molecule has 0 saturated heterocycles. The summed E-state index contributed by atoms with van der Waals surface area (Å²) in [6.07, 6.45) is -2.65. The van der Waals surface area contributed by atoms with Crippen LogP contribution in [0, 0.1) is 0 Å². The van der Waals surface area contributed by atoms with E-state index < -0.39 is 39.8 Å². The highest BCUT2D eigenvalue weighted by Gasteiger charge is 2.28. The van der Waals surface area contributed by atoms with Crippen molar-refractivity contribution in [2.75, 3.05) is 19.9 Å². The van der Waals surface area contributed by atoms with Gasteiger partial charge in [0.25, 0.3) is 0 Å². The fourth-order valence-electron chi connectivity index (χ4n) is 1.21. The Balaban J connectivity index is 4.52. The third-order valence-corrected chi connectivity index (χ3v) is 4.07. The Morgan fingerprint density at radius 1 is 0.846 bits per heavy atom. The molecule has 0 fully saturated rings. The molecule has 154 valence electrons. The molecule has 0 saturated carbocycles. The quantitative estimate of drug-likeness (QED) is 0.270. The van der Waals surface area contributed by atoms with Crippen molar-refractivity contribution in [2.24, 2.45) is 0 Å². The van der Waals surface area contributed by atoms with Crippen molar-refractivity contribution in [1.29, 1.82) is 0 Å². The molecule has 0 N–H and O–H groups in total. The third-order valence-electron chi connectivity index (χ3n) is 2.61. The minimum atomic E-state index is -3.86. The second kappa shape index (κ2) is 12.9. The summed E-state index contributed by atoms with van der Waals surface area (Å²) < 4.78 is 46.7. The Kier molecular flexibility index (Phi) is 12.2. The summed E-state index contributed by atoms with van der Waals surface area (Å²) in [7, 11) is -3.86. The first-order valence-corrected chi connectivity index (χ1v) is 9.97. The molecule has 0 aliphatic carbocycles. The predicted molar refractivity (Wildman–Crippen MR) is 90.6 cm³/mol. The zero-order valence-corrected chi connectivity index (χ0v) is 17.0. The first-order valence-electron chi connectivity index (χ1n) is 8.24. The van der Waals surface area contributed by atoms with Crippen LogP contribution in [-0.4, -0.2) is 50.6 Å². The van der Waals surface area contributed by atoms with Gasteiger partial charge in [-0.05, 0) is 41.0 Å². The first-order chi connectivity index (χ1) is 12.1. The van der Waals surface area contributed by atoms with Gasteiger partial charge in [0, 0.05) is 0 Å². The van der Waals surface area contributed by atoms with Gasteiger partial charge in [0.1, 0.15) is 6.35 Å². The molecular weight excluding hydrogens is 371 g/mol. The highest BCUT2D eigenvalue weighted by molar-refractivity contribution is 7.53. The number of ether oxygens (including phenoxy) is 5. The van der Waals surface area contributed by atoms with Crippen molar-refractivity contribution < 1.29 is 46.9 Å². The van der Waals surface area contributed by atoms with Crippen LogP contribution in [0.2, 0.25) is 0 Å². The predicted octanol–water partition coefficient (Wildman–Crippen LogP) is 4.02. The van der Waals surface area contributed by atoms with Crippen LogP contribution in [0.3, 0.4) is 0 Å².